The van der Waals surface area contributed by atoms with E-state index in [-0.39, 0.29) is 12.7 Å². The van der Waals surface area contributed by atoms with E-state index >= 15 is 0 Å². The van der Waals surface area contributed by atoms with Gasteiger partial charge < -0.3 is 9.47 Å². The lowest BCUT2D eigenvalue weighted by Crippen LogP contribution is -2.25. The largest absolute Gasteiger partial charge is 0.474 e. The lowest BCUT2D eigenvalue weighted by atomic mass is 9.96. The molecular weight excluding hydrogens is 268 g/mol. The van der Waals surface area contributed by atoms with Gasteiger partial charge in [-0.05, 0) is 37.5 Å². The zero-order valence-corrected chi connectivity index (χ0v) is 11.6. The molecule has 1 fully saturated rings. The molecule has 0 bridgehead atoms. The van der Waals surface area contributed by atoms with Crippen LogP contribution in [-0.4, -0.2) is 22.0 Å². The molecule has 1 aliphatic carbocycles. The lowest BCUT2D eigenvalue weighted by molar-refractivity contribution is 0.0465. The maximum atomic E-state index is 12.0. The Morgan fingerprint density at radius 1 is 1.19 bits per heavy atom. The van der Waals surface area contributed by atoms with Gasteiger partial charge in [-0.3, -0.25) is 4.98 Å². The number of pyridine rings is 2. The van der Waals surface area contributed by atoms with Crippen molar-refractivity contribution in [2.24, 2.45) is 0 Å². The van der Waals surface area contributed by atoms with Gasteiger partial charge in [-0.2, -0.15) is 0 Å². The summed E-state index contributed by atoms with van der Waals surface area (Å²) in [7, 11) is 0. The normalized spacial score (nSPS) is 14.3. The predicted molar refractivity (Wildman–Crippen MR) is 75.9 cm³/mol. The van der Waals surface area contributed by atoms with Crippen LogP contribution in [0.2, 0.25) is 0 Å². The molecule has 1 saturated carbocycles. The summed E-state index contributed by atoms with van der Waals surface area (Å²) < 4.78 is 10.9. The van der Waals surface area contributed by atoms with Crippen LogP contribution in [0.25, 0.3) is 0 Å². The third kappa shape index (κ3) is 3.56. The molecule has 0 N–H and O–H groups in total. The molecule has 0 unspecified atom stereocenters. The monoisotopic (exact) mass is 284 g/mol. The van der Waals surface area contributed by atoms with Crippen LogP contribution < -0.4 is 4.74 Å². The molecule has 5 nitrogen and oxygen atoms in total. The summed E-state index contributed by atoms with van der Waals surface area (Å²) in [5.74, 6) is 0.0773. The van der Waals surface area contributed by atoms with Gasteiger partial charge >= 0.3 is 5.97 Å². The van der Waals surface area contributed by atoms with E-state index in [9.17, 15) is 4.79 Å². The van der Waals surface area contributed by atoms with Crippen molar-refractivity contribution >= 4 is 5.97 Å². The van der Waals surface area contributed by atoms with E-state index in [1.165, 1.54) is 6.42 Å². The molecule has 0 radical (unpaired) electrons. The van der Waals surface area contributed by atoms with Crippen molar-refractivity contribution < 1.29 is 14.3 Å². The Morgan fingerprint density at radius 3 is 2.81 bits per heavy atom. The minimum absolute atomic E-state index is 0.154. The Bertz CT molecular complexity index is 612. The maximum Gasteiger partial charge on any atom is 0.338 e. The quantitative estimate of drug-likeness (QED) is 0.790. The first kappa shape index (κ1) is 13.5. The molecule has 2 heterocycles. The molecule has 2 aromatic rings. The molecule has 5 heteroatoms. The first-order chi connectivity index (χ1) is 10.3. The fourth-order valence-electron chi connectivity index (χ4n) is 1.97. The molecule has 2 aromatic heterocycles. The molecule has 0 spiro atoms. The molecular formula is C16H16N2O3. The Balaban J connectivity index is 1.60. The van der Waals surface area contributed by atoms with Crippen LogP contribution in [0.5, 0.6) is 5.88 Å². The van der Waals surface area contributed by atoms with E-state index in [2.05, 4.69) is 9.97 Å². The Labute approximate surface area is 123 Å². The van der Waals surface area contributed by atoms with Gasteiger partial charge in [0.1, 0.15) is 12.7 Å². The Hall–Kier alpha value is -2.43. The Kier molecular flexibility index (Phi) is 4.09. The summed E-state index contributed by atoms with van der Waals surface area (Å²) in [6, 6.07) is 8.73. The molecule has 0 aliphatic heterocycles. The van der Waals surface area contributed by atoms with Crippen LogP contribution in [0.1, 0.15) is 35.3 Å². The number of carbonyl (C=O) groups is 1. The van der Waals surface area contributed by atoms with Gasteiger partial charge in [0.05, 0.1) is 11.3 Å². The fraction of sp³-hybridized carbons (Fsp3) is 0.312. The summed E-state index contributed by atoms with van der Waals surface area (Å²) in [6.07, 6.45) is 6.76. The summed E-state index contributed by atoms with van der Waals surface area (Å²) in [5, 5.41) is 0. The van der Waals surface area contributed by atoms with Crippen LogP contribution in [0, 0.1) is 0 Å². The van der Waals surface area contributed by atoms with Crippen LogP contribution in [0.4, 0.5) is 0 Å². The van der Waals surface area contributed by atoms with Gasteiger partial charge in [-0.1, -0.05) is 6.07 Å². The third-order valence-corrected chi connectivity index (χ3v) is 3.39. The van der Waals surface area contributed by atoms with E-state index in [1.807, 2.05) is 18.2 Å². The van der Waals surface area contributed by atoms with Gasteiger partial charge in [0.25, 0.3) is 0 Å². The smallest absolute Gasteiger partial charge is 0.338 e. The molecule has 108 valence electrons. The average molecular weight is 284 g/mol. The number of ether oxygens (including phenoxy) is 2. The van der Waals surface area contributed by atoms with Crippen LogP contribution in [-0.2, 0) is 11.3 Å². The van der Waals surface area contributed by atoms with Gasteiger partial charge in [0, 0.05) is 18.5 Å². The standard InChI is InChI=1S/C16H16N2O3/c19-16(20-11-13-4-1-2-8-17-13)12-7-9-18-15(10-12)21-14-5-3-6-14/h1-2,4,7-10,14H,3,5-6,11H2. The minimum atomic E-state index is -0.401. The number of esters is 1. The van der Waals surface area contributed by atoms with E-state index in [0.29, 0.717) is 17.1 Å². The fourth-order valence-corrected chi connectivity index (χ4v) is 1.97. The molecule has 0 amide bonds. The van der Waals surface area contributed by atoms with E-state index in [0.717, 1.165) is 12.8 Å². The topological polar surface area (TPSA) is 61.3 Å². The zero-order valence-electron chi connectivity index (χ0n) is 11.6. The summed E-state index contributed by atoms with van der Waals surface area (Å²) in [5.41, 5.74) is 1.15. The molecule has 0 atom stereocenters. The second-order valence-corrected chi connectivity index (χ2v) is 4.95. The number of nitrogens with zero attached hydrogens (tertiary/aromatic N) is 2. The highest BCUT2D eigenvalue weighted by atomic mass is 16.5. The molecule has 0 aromatic carbocycles. The van der Waals surface area contributed by atoms with Crippen molar-refractivity contribution in [3.63, 3.8) is 0 Å². The SMILES string of the molecule is O=C(OCc1ccccn1)c1ccnc(OC2CCC2)c1. The summed E-state index contributed by atoms with van der Waals surface area (Å²) in [6.45, 7) is 0.154. The number of carbonyl (C=O) groups excluding carboxylic acids is 1. The highest BCUT2D eigenvalue weighted by molar-refractivity contribution is 5.89. The number of aromatic nitrogens is 2. The van der Waals surface area contributed by atoms with Crippen molar-refractivity contribution in [3.8, 4) is 5.88 Å². The van der Waals surface area contributed by atoms with E-state index < -0.39 is 5.97 Å². The van der Waals surface area contributed by atoms with Crippen LogP contribution in [0.15, 0.2) is 42.7 Å². The second kappa shape index (κ2) is 6.35. The predicted octanol–water partition coefficient (Wildman–Crippen LogP) is 2.76. The summed E-state index contributed by atoms with van der Waals surface area (Å²) in [4.78, 5) is 20.2. The number of rotatable bonds is 5. The van der Waals surface area contributed by atoms with Crippen molar-refractivity contribution in [1.29, 1.82) is 0 Å². The molecule has 1 aliphatic rings. The second-order valence-electron chi connectivity index (χ2n) is 4.95. The average Bonchev–Trinajstić information content (AvgIpc) is 2.50. The first-order valence-electron chi connectivity index (χ1n) is 7.01. The van der Waals surface area contributed by atoms with Crippen molar-refractivity contribution in [2.75, 3.05) is 0 Å². The van der Waals surface area contributed by atoms with E-state index in [1.54, 1.807) is 24.5 Å². The van der Waals surface area contributed by atoms with Gasteiger partial charge in [0.2, 0.25) is 5.88 Å². The van der Waals surface area contributed by atoms with Crippen molar-refractivity contribution in [2.45, 2.75) is 32.0 Å². The first-order valence-corrected chi connectivity index (χ1v) is 7.01. The van der Waals surface area contributed by atoms with Crippen molar-refractivity contribution in [1.82, 2.24) is 9.97 Å². The van der Waals surface area contributed by atoms with Crippen LogP contribution in [0.3, 0.4) is 0 Å². The highest BCUT2D eigenvalue weighted by Crippen LogP contribution is 2.24. The maximum absolute atomic E-state index is 12.0. The minimum Gasteiger partial charge on any atom is -0.474 e. The van der Waals surface area contributed by atoms with Crippen molar-refractivity contribution in [3.05, 3.63) is 54.0 Å². The summed E-state index contributed by atoms with van der Waals surface area (Å²) >= 11 is 0. The van der Waals surface area contributed by atoms with Gasteiger partial charge in [-0.15, -0.1) is 0 Å². The lowest BCUT2D eigenvalue weighted by Gasteiger charge is -2.25. The van der Waals surface area contributed by atoms with E-state index in [4.69, 9.17) is 9.47 Å². The molecule has 0 saturated heterocycles. The van der Waals surface area contributed by atoms with Gasteiger partial charge in [0.15, 0.2) is 0 Å². The highest BCUT2D eigenvalue weighted by Gasteiger charge is 2.20. The zero-order chi connectivity index (χ0) is 14.5. The van der Waals surface area contributed by atoms with Gasteiger partial charge in [-0.25, -0.2) is 9.78 Å². The number of hydrogen-bond acceptors (Lipinski definition) is 5. The molecule has 21 heavy (non-hydrogen) atoms. The third-order valence-electron chi connectivity index (χ3n) is 3.39. The van der Waals surface area contributed by atoms with Crippen LogP contribution >= 0.6 is 0 Å². The molecule has 3 rings (SSSR count). The Morgan fingerprint density at radius 2 is 2.10 bits per heavy atom. The number of hydrogen-bond donors (Lipinski definition) is 0.